The second-order valence-corrected chi connectivity index (χ2v) is 11.8. The third-order valence-electron chi connectivity index (χ3n) is 7.74. The number of nitrogens with one attached hydrogen (secondary N) is 2. The van der Waals surface area contributed by atoms with E-state index in [0.29, 0.717) is 30.8 Å². The van der Waals surface area contributed by atoms with E-state index in [-0.39, 0.29) is 42.5 Å². The first-order chi connectivity index (χ1) is 22.7. The van der Waals surface area contributed by atoms with Crippen LogP contribution in [0, 0.1) is 12.3 Å². The number of amides is 3. The molecule has 3 amide bonds. The van der Waals surface area contributed by atoms with Crippen LogP contribution < -0.4 is 10.7 Å². The molecule has 0 heterocycles. The van der Waals surface area contributed by atoms with Crippen molar-refractivity contribution in [2.45, 2.75) is 71.4 Å². The van der Waals surface area contributed by atoms with Gasteiger partial charge < -0.3 is 20.4 Å². The van der Waals surface area contributed by atoms with Crippen LogP contribution in [-0.4, -0.2) is 76.2 Å². The highest BCUT2D eigenvalue weighted by Gasteiger charge is 2.26. The highest BCUT2D eigenvalue weighted by molar-refractivity contribution is 6.00. The van der Waals surface area contributed by atoms with Crippen molar-refractivity contribution in [1.29, 1.82) is 0 Å². The summed E-state index contributed by atoms with van der Waals surface area (Å²) in [5.74, 6) is 1.76. The predicted molar refractivity (Wildman–Crippen MR) is 185 cm³/mol. The lowest BCUT2D eigenvalue weighted by molar-refractivity contribution is -0.126. The summed E-state index contributed by atoms with van der Waals surface area (Å²) < 4.78 is 0. The van der Waals surface area contributed by atoms with Crippen LogP contribution in [0.25, 0.3) is 0 Å². The van der Waals surface area contributed by atoms with Crippen molar-refractivity contribution in [3.8, 4) is 18.1 Å². The Morgan fingerprint density at radius 3 is 2.13 bits per heavy atom. The number of nitrogens with zero attached hydrogens (tertiary/aromatic N) is 2. The van der Waals surface area contributed by atoms with Gasteiger partial charge in [0.05, 0.1) is 18.6 Å². The molecule has 2 atom stereocenters. The predicted octanol–water partition coefficient (Wildman–Crippen LogP) is 4.71. The zero-order valence-corrected chi connectivity index (χ0v) is 27.7. The van der Waals surface area contributed by atoms with Crippen molar-refractivity contribution in [3.05, 3.63) is 101 Å². The average Bonchev–Trinajstić information content (AvgIpc) is 3.07. The van der Waals surface area contributed by atoms with Crippen molar-refractivity contribution in [1.82, 2.24) is 20.7 Å². The summed E-state index contributed by atoms with van der Waals surface area (Å²) in [5, 5.41) is 26.0. The van der Waals surface area contributed by atoms with E-state index in [1.165, 1.54) is 6.07 Å². The number of carbonyl (C=O) groups is 3. The minimum Gasteiger partial charge on any atom is -0.508 e. The number of terminal acetylenes is 1. The topological polar surface area (TPSA) is 122 Å². The lowest BCUT2D eigenvalue weighted by Gasteiger charge is -2.30. The minimum absolute atomic E-state index is 0.0562. The first kappa shape index (κ1) is 36.8. The molecule has 0 saturated heterocycles. The number of aliphatic hydroxyl groups excluding tert-OH is 1. The van der Waals surface area contributed by atoms with Gasteiger partial charge >= 0.3 is 0 Å². The summed E-state index contributed by atoms with van der Waals surface area (Å²) in [6.07, 6.45) is 8.33. The number of hydrogen-bond donors (Lipinski definition) is 4. The highest BCUT2D eigenvalue weighted by Crippen LogP contribution is 2.17. The zero-order valence-electron chi connectivity index (χ0n) is 27.7. The highest BCUT2D eigenvalue weighted by atomic mass is 16.3. The van der Waals surface area contributed by atoms with E-state index in [1.54, 1.807) is 46.3 Å². The molecule has 2 unspecified atom stereocenters. The average molecular weight is 641 g/mol. The molecule has 3 aromatic rings. The van der Waals surface area contributed by atoms with Gasteiger partial charge in [-0.1, -0.05) is 75.6 Å². The normalized spacial score (nSPS) is 12.2. The zero-order chi connectivity index (χ0) is 34.2. The Labute approximate surface area is 279 Å². The molecule has 0 spiro atoms. The van der Waals surface area contributed by atoms with Gasteiger partial charge in [-0.15, -0.1) is 6.42 Å². The molecule has 3 aromatic carbocycles. The van der Waals surface area contributed by atoms with Gasteiger partial charge in [-0.3, -0.25) is 19.8 Å². The molecule has 0 aromatic heterocycles. The van der Waals surface area contributed by atoms with Gasteiger partial charge in [0.1, 0.15) is 5.75 Å². The van der Waals surface area contributed by atoms with Crippen LogP contribution in [0.3, 0.4) is 0 Å². The van der Waals surface area contributed by atoms with Crippen LogP contribution >= 0.6 is 0 Å². The SMILES string of the molecule is C#Cc1cc(C(=O)NC(Cc2ccc(O)cc2)C(O)CN(CCCC)NC(=O)Cc2ccccc2)cc(C(=O)N(CCC)CCC)c1. The molecule has 0 bridgehead atoms. The van der Waals surface area contributed by atoms with E-state index in [4.69, 9.17) is 6.42 Å². The maximum atomic E-state index is 13.8. The fourth-order valence-corrected chi connectivity index (χ4v) is 5.32. The molecule has 0 radical (unpaired) electrons. The van der Waals surface area contributed by atoms with Crippen LogP contribution in [0.2, 0.25) is 0 Å². The van der Waals surface area contributed by atoms with E-state index in [0.717, 1.165) is 36.8 Å². The summed E-state index contributed by atoms with van der Waals surface area (Å²) in [7, 11) is 0. The van der Waals surface area contributed by atoms with Crippen molar-refractivity contribution < 1.29 is 24.6 Å². The van der Waals surface area contributed by atoms with Crippen molar-refractivity contribution in [2.75, 3.05) is 26.2 Å². The van der Waals surface area contributed by atoms with E-state index < -0.39 is 18.1 Å². The molecule has 250 valence electrons. The third-order valence-corrected chi connectivity index (χ3v) is 7.74. The lowest BCUT2D eigenvalue weighted by atomic mass is 9.99. The number of unbranched alkanes of at least 4 members (excludes halogenated alkanes) is 1. The van der Waals surface area contributed by atoms with E-state index in [9.17, 15) is 24.6 Å². The number of aliphatic hydroxyl groups is 1. The number of phenols is 1. The standard InChI is InChI=1S/C38H48N4O5/c1-5-9-21-42(40-36(45)25-29-13-11-10-12-14-29)27-35(44)34(24-30-15-17-33(43)18-16-30)39-37(46)31-22-28(8-4)23-32(26-31)38(47)41(19-6-2)20-7-3/h4,10-18,22-23,26,34-35,43-44H,5-7,9,19-21,24-25,27H2,1-3H3,(H,39,46)(H,40,45). The quantitative estimate of drug-likeness (QED) is 0.118. The van der Waals surface area contributed by atoms with Gasteiger partial charge in [-0.25, -0.2) is 5.01 Å². The van der Waals surface area contributed by atoms with E-state index in [1.807, 2.05) is 51.1 Å². The summed E-state index contributed by atoms with van der Waals surface area (Å²) in [6.45, 7) is 7.80. The van der Waals surface area contributed by atoms with Crippen LogP contribution in [0.5, 0.6) is 5.75 Å². The van der Waals surface area contributed by atoms with Crippen molar-refractivity contribution >= 4 is 17.7 Å². The Hall–Kier alpha value is -4.65. The number of hydrogen-bond acceptors (Lipinski definition) is 6. The summed E-state index contributed by atoms with van der Waals surface area (Å²) in [5.41, 5.74) is 5.52. The molecule has 0 saturated carbocycles. The Morgan fingerprint density at radius 2 is 1.51 bits per heavy atom. The van der Waals surface area contributed by atoms with Gasteiger partial charge in [0.15, 0.2) is 0 Å². The second-order valence-electron chi connectivity index (χ2n) is 11.8. The van der Waals surface area contributed by atoms with Gasteiger partial charge in [0.25, 0.3) is 11.8 Å². The molecule has 3 rings (SSSR count). The fourth-order valence-electron chi connectivity index (χ4n) is 5.32. The monoisotopic (exact) mass is 640 g/mol. The molecular weight excluding hydrogens is 592 g/mol. The molecule has 47 heavy (non-hydrogen) atoms. The molecule has 0 fully saturated rings. The molecule has 4 N–H and O–H groups in total. The second kappa shape index (κ2) is 19.1. The number of rotatable bonds is 18. The maximum Gasteiger partial charge on any atom is 0.253 e. The number of phenolic OH excluding ortho intramolecular Hbond substituents is 1. The Bertz CT molecular complexity index is 1480. The molecule has 0 aliphatic heterocycles. The van der Waals surface area contributed by atoms with E-state index >= 15 is 0 Å². The summed E-state index contributed by atoms with van der Waals surface area (Å²) in [6, 6.07) is 19.9. The number of carbonyl (C=O) groups excluding carboxylic acids is 3. The van der Waals surface area contributed by atoms with Gasteiger partial charge in [0, 0.05) is 42.9 Å². The van der Waals surface area contributed by atoms with Crippen LogP contribution in [-0.2, 0) is 17.6 Å². The van der Waals surface area contributed by atoms with Gasteiger partial charge in [-0.2, -0.15) is 0 Å². The number of benzene rings is 3. The third kappa shape index (κ3) is 11.9. The van der Waals surface area contributed by atoms with Crippen molar-refractivity contribution in [2.24, 2.45) is 0 Å². The number of hydrazine groups is 1. The van der Waals surface area contributed by atoms with Crippen LogP contribution in [0.1, 0.15) is 83.9 Å². The molecule has 0 aliphatic rings. The van der Waals surface area contributed by atoms with E-state index in [2.05, 4.69) is 16.7 Å². The molecular formula is C38H48N4O5. The lowest BCUT2D eigenvalue weighted by Crippen LogP contribution is -2.53. The minimum atomic E-state index is -1.09. The largest absolute Gasteiger partial charge is 0.508 e. The van der Waals surface area contributed by atoms with Crippen LogP contribution in [0.4, 0.5) is 0 Å². The fraction of sp³-hybridized carbons (Fsp3) is 0.395. The van der Waals surface area contributed by atoms with Crippen molar-refractivity contribution in [3.63, 3.8) is 0 Å². The smallest absolute Gasteiger partial charge is 0.253 e. The Balaban J connectivity index is 1.86. The molecule has 0 aliphatic carbocycles. The first-order valence-electron chi connectivity index (χ1n) is 16.4. The maximum absolute atomic E-state index is 13.8. The Kier molecular flexibility index (Phi) is 15.0. The van der Waals surface area contributed by atoms with Crippen LogP contribution in [0.15, 0.2) is 72.8 Å². The first-order valence-corrected chi connectivity index (χ1v) is 16.4. The summed E-state index contributed by atoms with van der Waals surface area (Å²) >= 11 is 0. The summed E-state index contributed by atoms with van der Waals surface area (Å²) in [4.78, 5) is 41.9. The Morgan fingerprint density at radius 1 is 0.851 bits per heavy atom. The molecule has 9 heteroatoms. The van der Waals surface area contributed by atoms with Gasteiger partial charge in [0.2, 0.25) is 5.91 Å². The molecule has 9 nitrogen and oxygen atoms in total. The van der Waals surface area contributed by atoms with Gasteiger partial charge in [-0.05, 0) is 67.1 Å². The number of aromatic hydroxyl groups is 1.